The van der Waals surface area contributed by atoms with Crippen LogP contribution in [-0.2, 0) is 14.8 Å². The molecule has 2 rings (SSSR count). The lowest BCUT2D eigenvalue weighted by atomic mass is 10.2. The maximum absolute atomic E-state index is 12.6. The third-order valence-corrected chi connectivity index (χ3v) is 5.70. The second-order valence-electron chi connectivity index (χ2n) is 4.54. The van der Waals surface area contributed by atoms with Crippen molar-refractivity contribution in [2.24, 2.45) is 0 Å². The Morgan fingerprint density at radius 2 is 2.05 bits per heavy atom. The van der Waals surface area contributed by atoms with E-state index < -0.39 is 15.3 Å². The van der Waals surface area contributed by atoms with Gasteiger partial charge in [-0.25, -0.2) is 8.42 Å². The minimum Gasteiger partial charge on any atom is -0.508 e. The van der Waals surface area contributed by atoms with Crippen molar-refractivity contribution in [2.75, 3.05) is 24.1 Å². The molecule has 0 spiro atoms. The van der Waals surface area contributed by atoms with Crippen LogP contribution in [0.25, 0.3) is 0 Å². The van der Waals surface area contributed by atoms with Crippen LogP contribution in [0.1, 0.15) is 19.8 Å². The Morgan fingerprint density at radius 1 is 1.37 bits per heavy atom. The number of anilines is 1. The number of hydrogen-bond acceptors (Lipinski definition) is 4. The molecule has 1 aliphatic heterocycles. The molecule has 0 unspecified atom stereocenters. The van der Waals surface area contributed by atoms with Gasteiger partial charge in [-0.3, -0.25) is 4.31 Å². The summed E-state index contributed by atoms with van der Waals surface area (Å²) >= 11 is 0. The molecule has 5 nitrogen and oxygen atoms in total. The second-order valence-corrected chi connectivity index (χ2v) is 6.68. The maximum atomic E-state index is 12.6. The van der Waals surface area contributed by atoms with Crippen molar-refractivity contribution in [3.05, 3.63) is 24.3 Å². The number of phenols is 1. The molecule has 19 heavy (non-hydrogen) atoms. The minimum atomic E-state index is -3.40. The number of nitrogens with zero attached hydrogens (tertiary/aromatic N) is 1. The quantitative estimate of drug-likeness (QED) is 0.915. The third-order valence-electron chi connectivity index (χ3n) is 3.30. The number of rotatable bonds is 4. The van der Waals surface area contributed by atoms with Crippen LogP contribution in [0.15, 0.2) is 24.3 Å². The summed E-state index contributed by atoms with van der Waals surface area (Å²) in [7, 11) is -3.40. The normalized spacial score (nSPS) is 17.3. The zero-order valence-corrected chi connectivity index (χ0v) is 11.8. The van der Waals surface area contributed by atoms with Crippen molar-refractivity contribution >= 4 is 15.7 Å². The first-order valence-corrected chi connectivity index (χ1v) is 7.94. The van der Waals surface area contributed by atoms with E-state index in [1.807, 2.05) is 0 Å². The zero-order valence-electron chi connectivity index (χ0n) is 10.9. The van der Waals surface area contributed by atoms with Gasteiger partial charge in [0, 0.05) is 25.8 Å². The average Bonchev–Trinajstić information content (AvgIpc) is 2.40. The largest absolute Gasteiger partial charge is 0.508 e. The lowest BCUT2D eigenvalue weighted by molar-refractivity contribution is 0.0983. The van der Waals surface area contributed by atoms with Gasteiger partial charge in [0.2, 0.25) is 10.0 Å². The average molecular weight is 285 g/mol. The molecule has 1 aromatic rings. The molecule has 1 aliphatic rings. The van der Waals surface area contributed by atoms with Crippen LogP contribution in [0, 0.1) is 0 Å². The first kappa shape index (κ1) is 14.1. The fourth-order valence-electron chi connectivity index (χ4n) is 2.31. The van der Waals surface area contributed by atoms with E-state index in [0.717, 1.165) is 0 Å². The van der Waals surface area contributed by atoms with Crippen LogP contribution in [0.3, 0.4) is 0 Å². The molecule has 0 amide bonds. The molecule has 0 radical (unpaired) electrons. The molecule has 106 valence electrons. The Morgan fingerprint density at radius 3 is 2.63 bits per heavy atom. The van der Waals surface area contributed by atoms with Gasteiger partial charge in [0.1, 0.15) is 5.75 Å². The van der Waals surface area contributed by atoms with E-state index in [0.29, 0.717) is 38.3 Å². The Kier molecular flexibility index (Phi) is 4.31. The Bertz CT molecular complexity index is 523. The first-order valence-electron chi connectivity index (χ1n) is 6.44. The summed E-state index contributed by atoms with van der Waals surface area (Å²) in [5.74, 6) is 0.0677. The molecule has 1 heterocycles. The standard InChI is InChI=1S/C13H19NO4S/c1-2-14(11-4-3-5-12(15)10-11)19(16,17)13-6-8-18-9-7-13/h3-5,10,13,15H,2,6-9H2,1H3. The Balaban J connectivity index is 2.30. The van der Waals surface area contributed by atoms with Gasteiger partial charge in [0.25, 0.3) is 0 Å². The summed E-state index contributed by atoms with van der Waals surface area (Å²) in [6, 6.07) is 6.34. The summed E-state index contributed by atoms with van der Waals surface area (Å²) in [5, 5.41) is 9.09. The van der Waals surface area contributed by atoms with Crippen molar-refractivity contribution in [2.45, 2.75) is 25.0 Å². The molecular weight excluding hydrogens is 266 g/mol. The predicted molar refractivity (Wildman–Crippen MR) is 73.9 cm³/mol. The highest BCUT2D eigenvalue weighted by molar-refractivity contribution is 7.93. The van der Waals surface area contributed by atoms with Gasteiger partial charge < -0.3 is 9.84 Å². The Labute approximate surface area is 113 Å². The lowest BCUT2D eigenvalue weighted by Crippen LogP contribution is -2.41. The zero-order chi connectivity index (χ0) is 13.9. The summed E-state index contributed by atoms with van der Waals surface area (Å²) in [5.41, 5.74) is 0.508. The highest BCUT2D eigenvalue weighted by Gasteiger charge is 2.32. The van der Waals surface area contributed by atoms with E-state index in [1.54, 1.807) is 19.1 Å². The third kappa shape index (κ3) is 3.01. The second kappa shape index (κ2) is 5.79. The molecule has 0 aliphatic carbocycles. The van der Waals surface area contributed by atoms with Gasteiger partial charge in [0.15, 0.2) is 0 Å². The number of aromatic hydroxyl groups is 1. The molecule has 0 aromatic heterocycles. The highest BCUT2D eigenvalue weighted by Crippen LogP contribution is 2.27. The molecular formula is C13H19NO4S. The number of hydrogen-bond donors (Lipinski definition) is 1. The number of phenolic OH excluding ortho intramolecular Hbond substituents is 1. The topological polar surface area (TPSA) is 66.8 Å². The molecule has 1 fully saturated rings. The maximum Gasteiger partial charge on any atom is 0.238 e. The van der Waals surface area contributed by atoms with Gasteiger partial charge in [0.05, 0.1) is 10.9 Å². The van der Waals surface area contributed by atoms with Crippen molar-refractivity contribution in [3.8, 4) is 5.75 Å². The molecule has 0 bridgehead atoms. The van der Waals surface area contributed by atoms with Crippen LogP contribution in [-0.4, -0.2) is 38.5 Å². The van der Waals surface area contributed by atoms with Gasteiger partial charge in [-0.15, -0.1) is 0 Å². The highest BCUT2D eigenvalue weighted by atomic mass is 32.2. The van der Waals surface area contributed by atoms with E-state index in [1.165, 1.54) is 16.4 Å². The van der Waals surface area contributed by atoms with Crippen LogP contribution >= 0.6 is 0 Å². The summed E-state index contributed by atoms with van der Waals surface area (Å²) in [4.78, 5) is 0. The molecule has 6 heteroatoms. The van der Waals surface area contributed by atoms with Crippen LogP contribution in [0.2, 0.25) is 0 Å². The minimum absolute atomic E-state index is 0.0677. The van der Waals surface area contributed by atoms with Crippen LogP contribution in [0.4, 0.5) is 5.69 Å². The number of sulfonamides is 1. The molecule has 0 atom stereocenters. The van der Waals surface area contributed by atoms with E-state index in [2.05, 4.69) is 0 Å². The van der Waals surface area contributed by atoms with Crippen LogP contribution in [0.5, 0.6) is 5.75 Å². The molecule has 1 aromatic carbocycles. The fraction of sp³-hybridized carbons (Fsp3) is 0.538. The lowest BCUT2D eigenvalue weighted by Gasteiger charge is -2.30. The summed E-state index contributed by atoms with van der Waals surface area (Å²) in [6.07, 6.45) is 1.05. The first-order chi connectivity index (χ1) is 9.05. The van der Waals surface area contributed by atoms with Gasteiger partial charge in [-0.05, 0) is 31.9 Å². The van der Waals surface area contributed by atoms with Crippen molar-refractivity contribution in [1.82, 2.24) is 0 Å². The van der Waals surface area contributed by atoms with E-state index >= 15 is 0 Å². The summed E-state index contributed by atoms with van der Waals surface area (Å²) in [6.45, 7) is 3.12. The van der Waals surface area contributed by atoms with Gasteiger partial charge >= 0.3 is 0 Å². The Hall–Kier alpha value is -1.27. The van der Waals surface area contributed by atoms with Crippen LogP contribution < -0.4 is 4.31 Å². The fourth-order valence-corrected chi connectivity index (χ4v) is 4.23. The van der Waals surface area contributed by atoms with E-state index in [4.69, 9.17) is 4.74 Å². The molecule has 1 N–H and O–H groups in total. The predicted octanol–water partition coefficient (Wildman–Crippen LogP) is 1.73. The smallest absolute Gasteiger partial charge is 0.238 e. The van der Waals surface area contributed by atoms with Gasteiger partial charge in [-0.1, -0.05) is 6.07 Å². The number of ether oxygens (including phenoxy) is 1. The van der Waals surface area contributed by atoms with E-state index in [9.17, 15) is 13.5 Å². The monoisotopic (exact) mass is 285 g/mol. The van der Waals surface area contributed by atoms with E-state index in [-0.39, 0.29) is 5.75 Å². The summed E-state index contributed by atoms with van der Waals surface area (Å²) < 4.78 is 31.8. The van der Waals surface area contributed by atoms with Crippen molar-refractivity contribution in [1.29, 1.82) is 0 Å². The number of benzene rings is 1. The van der Waals surface area contributed by atoms with Gasteiger partial charge in [-0.2, -0.15) is 0 Å². The van der Waals surface area contributed by atoms with Crippen molar-refractivity contribution in [3.63, 3.8) is 0 Å². The molecule has 0 saturated carbocycles. The molecule has 1 saturated heterocycles. The SMILES string of the molecule is CCN(c1cccc(O)c1)S(=O)(=O)C1CCOCC1. The van der Waals surface area contributed by atoms with Crippen molar-refractivity contribution < 1.29 is 18.3 Å².